The standard InChI is InChI=1S/C22H26N4O3S/c1-15-6-9-17(10-7-15)21-23-24-22(26(21)3)30-14-20(27)25(2)13-16-8-11-18(28-4)19(12-16)29-5/h6-12H,13-14H2,1-5H3. The van der Waals surface area contributed by atoms with Crippen LogP contribution in [0.2, 0.25) is 0 Å². The second-order valence-electron chi connectivity index (χ2n) is 6.96. The van der Waals surface area contributed by atoms with Crippen LogP contribution < -0.4 is 9.47 Å². The molecule has 7 nitrogen and oxygen atoms in total. The summed E-state index contributed by atoms with van der Waals surface area (Å²) in [4.78, 5) is 14.3. The lowest BCUT2D eigenvalue weighted by Gasteiger charge is -2.18. The van der Waals surface area contributed by atoms with Gasteiger partial charge < -0.3 is 18.9 Å². The highest BCUT2D eigenvalue weighted by Crippen LogP contribution is 2.28. The van der Waals surface area contributed by atoms with Crippen molar-refractivity contribution in [1.82, 2.24) is 19.7 Å². The summed E-state index contributed by atoms with van der Waals surface area (Å²) in [6.07, 6.45) is 0. The van der Waals surface area contributed by atoms with Crippen molar-refractivity contribution in [1.29, 1.82) is 0 Å². The van der Waals surface area contributed by atoms with Crippen molar-refractivity contribution in [2.24, 2.45) is 7.05 Å². The minimum absolute atomic E-state index is 0.00895. The number of ether oxygens (including phenoxy) is 2. The van der Waals surface area contributed by atoms with Crippen LogP contribution in [-0.2, 0) is 18.4 Å². The predicted octanol–water partition coefficient (Wildman–Crippen LogP) is 3.56. The van der Waals surface area contributed by atoms with Gasteiger partial charge in [-0.05, 0) is 24.6 Å². The summed E-state index contributed by atoms with van der Waals surface area (Å²) in [5, 5.41) is 9.24. The van der Waals surface area contributed by atoms with Crippen LogP contribution >= 0.6 is 11.8 Å². The fourth-order valence-electron chi connectivity index (χ4n) is 2.97. The van der Waals surface area contributed by atoms with Crippen molar-refractivity contribution in [3.63, 3.8) is 0 Å². The van der Waals surface area contributed by atoms with Crippen molar-refractivity contribution < 1.29 is 14.3 Å². The summed E-state index contributed by atoms with van der Waals surface area (Å²) >= 11 is 1.38. The quantitative estimate of drug-likeness (QED) is 0.513. The molecule has 0 aliphatic rings. The number of aryl methyl sites for hydroxylation is 1. The summed E-state index contributed by atoms with van der Waals surface area (Å²) in [7, 11) is 6.89. The number of carbonyl (C=O) groups excluding carboxylic acids is 1. The van der Waals surface area contributed by atoms with Crippen molar-refractivity contribution >= 4 is 17.7 Å². The molecule has 3 aromatic rings. The number of aromatic nitrogens is 3. The van der Waals surface area contributed by atoms with Crippen LogP contribution in [0.5, 0.6) is 11.5 Å². The van der Waals surface area contributed by atoms with E-state index in [2.05, 4.69) is 10.2 Å². The van der Waals surface area contributed by atoms with E-state index in [1.54, 1.807) is 26.2 Å². The van der Waals surface area contributed by atoms with E-state index >= 15 is 0 Å². The Morgan fingerprint density at radius 2 is 1.77 bits per heavy atom. The summed E-state index contributed by atoms with van der Waals surface area (Å²) < 4.78 is 12.5. The largest absolute Gasteiger partial charge is 0.493 e. The zero-order valence-corrected chi connectivity index (χ0v) is 18.7. The van der Waals surface area contributed by atoms with E-state index in [4.69, 9.17) is 9.47 Å². The lowest BCUT2D eigenvalue weighted by Crippen LogP contribution is -2.27. The van der Waals surface area contributed by atoms with Crippen molar-refractivity contribution in [2.75, 3.05) is 27.0 Å². The zero-order valence-electron chi connectivity index (χ0n) is 17.9. The Kier molecular flexibility index (Phi) is 6.99. The number of carbonyl (C=O) groups is 1. The third-order valence-electron chi connectivity index (χ3n) is 4.76. The first-order chi connectivity index (χ1) is 14.4. The molecule has 3 rings (SSSR count). The van der Waals surface area contributed by atoms with Gasteiger partial charge >= 0.3 is 0 Å². The van der Waals surface area contributed by atoms with Crippen molar-refractivity contribution in [2.45, 2.75) is 18.6 Å². The first-order valence-corrected chi connectivity index (χ1v) is 10.5. The van der Waals surface area contributed by atoms with E-state index in [1.165, 1.54) is 17.3 Å². The number of benzene rings is 2. The molecular weight excluding hydrogens is 400 g/mol. The highest BCUT2D eigenvalue weighted by Gasteiger charge is 2.16. The summed E-state index contributed by atoms with van der Waals surface area (Å²) in [5.41, 5.74) is 3.16. The van der Waals surface area contributed by atoms with Gasteiger partial charge in [0.05, 0.1) is 20.0 Å². The Hall–Kier alpha value is -3.00. The van der Waals surface area contributed by atoms with Crippen LogP contribution in [0, 0.1) is 6.92 Å². The number of thioether (sulfide) groups is 1. The molecule has 0 saturated carbocycles. The smallest absolute Gasteiger partial charge is 0.233 e. The average Bonchev–Trinajstić information content (AvgIpc) is 3.12. The number of nitrogens with zero attached hydrogens (tertiary/aromatic N) is 4. The Labute approximate surface area is 181 Å². The fraction of sp³-hybridized carbons (Fsp3) is 0.318. The SMILES string of the molecule is COc1ccc(CN(C)C(=O)CSc2nnc(-c3ccc(C)cc3)n2C)cc1OC. The Morgan fingerprint density at radius 1 is 1.07 bits per heavy atom. The number of hydrogen-bond acceptors (Lipinski definition) is 6. The molecule has 158 valence electrons. The molecule has 30 heavy (non-hydrogen) atoms. The molecule has 0 aliphatic heterocycles. The summed E-state index contributed by atoms with van der Waals surface area (Å²) in [6.45, 7) is 2.53. The van der Waals surface area contributed by atoms with Gasteiger partial charge in [-0.1, -0.05) is 47.7 Å². The molecule has 0 aliphatic carbocycles. The molecule has 0 saturated heterocycles. The first-order valence-electron chi connectivity index (χ1n) is 9.47. The average molecular weight is 427 g/mol. The Morgan fingerprint density at radius 3 is 2.43 bits per heavy atom. The number of methoxy groups -OCH3 is 2. The van der Waals surface area contributed by atoms with Crippen LogP contribution in [0.3, 0.4) is 0 Å². The number of hydrogen-bond donors (Lipinski definition) is 0. The second kappa shape index (κ2) is 9.67. The lowest BCUT2D eigenvalue weighted by atomic mass is 10.1. The van der Waals surface area contributed by atoms with Gasteiger partial charge in [-0.2, -0.15) is 0 Å². The van der Waals surface area contributed by atoms with Crippen LogP contribution in [0.15, 0.2) is 47.6 Å². The van der Waals surface area contributed by atoms with Gasteiger partial charge in [0.2, 0.25) is 5.91 Å². The van der Waals surface area contributed by atoms with Gasteiger partial charge in [-0.25, -0.2) is 0 Å². The molecule has 1 aromatic heterocycles. The molecule has 0 radical (unpaired) electrons. The molecule has 1 amide bonds. The number of rotatable bonds is 8. The maximum atomic E-state index is 12.6. The van der Waals surface area contributed by atoms with Crippen LogP contribution in [0.25, 0.3) is 11.4 Å². The Balaban J connectivity index is 1.61. The fourth-order valence-corrected chi connectivity index (χ4v) is 3.82. The van der Waals surface area contributed by atoms with E-state index in [9.17, 15) is 4.79 Å². The predicted molar refractivity (Wildman–Crippen MR) is 118 cm³/mol. The lowest BCUT2D eigenvalue weighted by molar-refractivity contribution is -0.127. The first kappa shape index (κ1) is 21.7. The number of amides is 1. The molecule has 2 aromatic carbocycles. The normalized spacial score (nSPS) is 10.7. The van der Waals surface area contributed by atoms with Gasteiger partial charge in [0, 0.05) is 26.2 Å². The highest BCUT2D eigenvalue weighted by molar-refractivity contribution is 7.99. The molecule has 8 heteroatoms. The topological polar surface area (TPSA) is 69.5 Å². The molecule has 1 heterocycles. The molecular formula is C22H26N4O3S. The van der Waals surface area contributed by atoms with Crippen LogP contribution in [0.4, 0.5) is 0 Å². The minimum Gasteiger partial charge on any atom is -0.493 e. The molecule has 0 unspecified atom stereocenters. The van der Waals surface area contributed by atoms with Crippen molar-refractivity contribution in [3.05, 3.63) is 53.6 Å². The molecule has 0 N–H and O–H groups in total. The highest BCUT2D eigenvalue weighted by atomic mass is 32.2. The monoisotopic (exact) mass is 426 g/mol. The van der Waals surface area contributed by atoms with Gasteiger partial charge in [-0.15, -0.1) is 10.2 Å². The molecule has 0 spiro atoms. The summed E-state index contributed by atoms with van der Waals surface area (Å²) in [6, 6.07) is 13.8. The zero-order chi connectivity index (χ0) is 21.7. The van der Waals surface area contributed by atoms with Crippen LogP contribution in [-0.4, -0.2) is 52.6 Å². The van der Waals surface area contributed by atoms with Gasteiger partial charge in [0.25, 0.3) is 0 Å². The van der Waals surface area contributed by atoms with E-state index in [1.807, 2.05) is 61.0 Å². The van der Waals surface area contributed by atoms with Crippen LogP contribution in [0.1, 0.15) is 11.1 Å². The molecule has 0 atom stereocenters. The maximum Gasteiger partial charge on any atom is 0.233 e. The van der Waals surface area contributed by atoms with E-state index in [0.717, 1.165) is 17.0 Å². The van der Waals surface area contributed by atoms with E-state index in [0.29, 0.717) is 23.2 Å². The molecule has 0 bridgehead atoms. The summed E-state index contributed by atoms with van der Waals surface area (Å²) in [5.74, 6) is 2.38. The Bertz CT molecular complexity index is 1020. The maximum absolute atomic E-state index is 12.6. The van der Waals surface area contributed by atoms with Crippen molar-refractivity contribution in [3.8, 4) is 22.9 Å². The van der Waals surface area contributed by atoms with Gasteiger partial charge in [0.15, 0.2) is 22.5 Å². The third-order valence-corrected chi connectivity index (χ3v) is 5.77. The second-order valence-corrected chi connectivity index (χ2v) is 7.90. The third kappa shape index (κ3) is 4.94. The van der Waals surface area contributed by atoms with Gasteiger partial charge in [-0.3, -0.25) is 4.79 Å². The minimum atomic E-state index is 0.00895. The van der Waals surface area contributed by atoms with E-state index < -0.39 is 0 Å². The van der Waals surface area contributed by atoms with Gasteiger partial charge in [0.1, 0.15) is 0 Å². The molecule has 0 fully saturated rings. The van der Waals surface area contributed by atoms with E-state index in [-0.39, 0.29) is 11.7 Å².